The summed E-state index contributed by atoms with van der Waals surface area (Å²) in [6.07, 6.45) is 6.53. The number of halogens is 1. The zero-order valence-electron chi connectivity index (χ0n) is 8.50. The summed E-state index contributed by atoms with van der Waals surface area (Å²) in [4.78, 5) is 0. The summed E-state index contributed by atoms with van der Waals surface area (Å²) < 4.78 is 5.40. The van der Waals surface area contributed by atoms with Crippen LogP contribution in [0.2, 0.25) is 5.02 Å². The van der Waals surface area contributed by atoms with Crippen molar-refractivity contribution in [1.29, 1.82) is 0 Å². The Labute approximate surface area is 95.4 Å². The first-order valence-corrected chi connectivity index (χ1v) is 5.20. The third-order valence-corrected chi connectivity index (χ3v) is 2.23. The van der Waals surface area contributed by atoms with Gasteiger partial charge in [0.1, 0.15) is 5.75 Å². The standard InChI is InChI=1S/C12H14ClNO/c1-2-3-8-15-12-5-4-10(6-7-14)9-11(12)13/h1,4-5,9H,3,6-8,14H2. The number of nitrogens with two attached hydrogens (primary N) is 1. The molecule has 0 aromatic heterocycles. The molecule has 2 N–H and O–H groups in total. The van der Waals surface area contributed by atoms with Gasteiger partial charge in [-0.1, -0.05) is 17.7 Å². The Morgan fingerprint density at radius 3 is 2.87 bits per heavy atom. The molecule has 0 spiro atoms. The van der Waals surface area contributed by atoms with Crippen molar-refractivity contribution in [3.8, 4) is 18.1 Å². The summed E-state index contributed by atoms with van der Waals surface area (Å²) >= 11 is 6.03. The minimum absolute atomic E-state index is 0.493. The Morgan fingerprint density at radius 2 is 2.27 bits per heavy atom. The van der Waals surface area contributed by atoms with Crippen molar-refractivity contribution in [2.75, 3.05) is 13.2 Å². The summed E-state index contributed by atoms with van der Waals surface area (Å²) in [7, 11) is 0. The minimum atomic E-state index is 0.493. The second-order valence-corrected chi connectivity index (χ2v) is 3.51. The maximum Gasteiger partial charge on any atom is 0.137 e. The van der Waals surface area contributed by atoms with Crippen LogP contribution in [0.1, 0.15) is 12.0 Å². The van der Waals surface area contributed by atoms with Gasteiger partial charge in [-0.2, -0.15) is 0 Å². The van der Waals surface area contributed by atoms with E-state index in [-0.39, 0.29) is 0 Å². The van der Waals surface area contributed by atoms with Crippen LogP contribution in [0.5, 0.6) is 5.75 Å². The summed E-state index contributed by atoms with van der Waals surface area (Å²) in [6, 6.07) is 5.69. The molecule has 0 saturated carbocycles. The van der Waals surface area contributed by atoms with Gasteiger partial charge in [0.2, 0.25) is 0 Å². The molecule has 0 aliphatic heterocycles. The fourth-order valence-corrected chi connectivity index (χ4v) is 1.46. The lowest BCUT2D eigenvalue weighted by Crippen LogP contribution is -2.03. The molecule has 1 aromatic rings. The molecule has 0 amide bonds. The van der Waals surface area contributed by atoms with Crippen LogP contribution in [0.25, 0.3) is 0 Å². The molecular formula is C12H14ClNO. The second-order valence-electron chi connectivity index (χ2n) is 3.11. The van der Waals surface area contributed by atoms with Crippen LogP contribution < -0.4 is 10.5 Å². The third kappa shape index (κ3) is 3.83. The molecule has 0 aliphatic carbocycles. The van der Waals surface area contributed by atoms with Crippen molar-refractivity contribution in [2.45, 2.75) is 12.8 Å². The molecule has 0 bridgehead atoms. The highest BCUT2D eigenvalue weighted by atomic mass is 35.5. The molecule has 0 fully saturated rings. The number of rotatable bonds is 5. The Kier molecular flexibility index (Phi) is 5.03. The highest BCUT2D eigenvalue weighted by Gasteiger charge is 2.02. The SMILES string of the molecule is C#CCCOc1ccc(CCN)cc1Cl. The fraction of sp³-hybridized carbons (Fsp3) is 0.333. The molecule has 0 heterocycles. The summed E-state index contributed by atoms with van der Waals surface area (Å²) in [6.45, 7) is 1.11. The van der Waals surface area contributed by atoms with Crippen molar-refractivity contribution in [3.05, 3.63) is 28.8 Å². The van der Waals surface area contributed by atoms with Crippen LogP contribution in [-0.4, -0.2) is 13.2 Å². The van der Waals surface area contributed by atoms with Crippen LogP contribution >= 0.6 is 11.6 Å². The van der Waals surface area contributed by atoms with E-state index in [1.165, 1.54) is 0 Å². The smallest absolute Gasteiger partial charge is 0.137 e. The molecule has 0 atom stereocenters. The minimum Gasteiger partial charge on any atom is -0.491 e. The predicted octanol–water partition coefficient (Wildman–Crippen LogP) is 2.24. The van der Waals surface area contributed by atoms with E-state index in [1.54, 1.807) is 0 Å². The zero-order chi connectivity index (χ0) is 11.1. The molecule has 1 aromatic carbocycles. The maximum atomic E-state index is 6.03. The van der Waals surface area contributed by atoms with Crippen molar-refractivity contribution < 1.29 is 4.74 Å². The predicted molar refractivity (Wildman–Crippen MR) is 63.2 cm³/mol. The van der Waals surface area contributed by atoms with E-state index < -0.39 is 0 Å². The van der Waals surface area contributed by atoms with Crippen molar-refractivity contribution >= 4 is 11.6 Å². The monoisotopic (exact) mass is 223 g/mol. The van der Waals surface area contributed by atoms with E-state index in [2.05, 4.69) is 5.92 Å². The largest absolute Gasteiger partial charge is 0.491 e. The normalized spacial score (nSPS) is 9.67. The Morgan fingerprint density at radius 1 is 1.47 bits per heavy atom. The van der Waals surface area contributed by atoms with Crippen molar-refractivity contribution in [1.82, 2.24) is 0 Å². The van der Waals surface area contributed by atoms with Gasteiger partial charge in [-0.25, -0.2) is 0 Å². The fourth-order valence-electron chi connectivity index (χ4n) is 1.20. The molecule has 0 aliphatic rings. The quantitative estimate of drug-likeness (QED) is 0.614. The van der Waals surface area contributed by atoms with Gasteiger partial charge >= 0.3 is 0 Å². The number of hydrogen-bond acceptors (Lipinski definition) is 2. The number of benzene rings is 1. The van der Waals surface area contributed by atoms with Crippen LogP contribution in [0.15, 0.2) is 18.2 Å². The van der Waals surface area contributed by atoms with Gasteiger partial charge in [0.05, 0.1) is 11.6 Å². The number of ether oxygens (including phenoxy) is 1. The Bertz CT molecular complexity index is 357. The van der Waals surface area contributed by atoms with E-state index in [4.69, 9.17) is 28.5 Å². The molecule has 80 valence electrons. The van der Waals surface area contributed by atoms with Crippen LogP contribution in [-0.2, 0) is 6.42 Å². The first-order valence-electron chi connectivity index (χ1n) is 4.82. The van der Waals surface area contributed by atoms with Gasteiger partial charge in [0.25, 0.3) is 0 Å². The molecule has 2 nitrogen and oxygen atoms in total. The molecule has 15 heavy (non-hydrogen) atoms. The highest BCUT2D eigenvalue weighted by Crippen LogP contribution is 2.25. The van der Waals surface area contributed by atoms with Gasteiger partial charge < -0.3 is 10.5 Å². The average Bonchev–Trinajstić information content (AvgIpc) is 2.22. The molecule has 0 radical (unpaired) electrons. The van der Waals surface area contributed by atoms with Crippen molar-refractivity contribution in [2.24, 2.45) is 5.73 Å². The van der Waals surface area contributed by atoms with Gasteiger partial charge in [-0.3, -0.25) is 0 Å². The van der Waals surface area contributed by atoms with E-state index in [9.17, 15) is 0 Å². The molecule has 0 unspecified atom stereocenters. The molecule has 3 heteroatoms. The maximum absolute atomic E-state index is 6.03. The van der Waals surface area contributed by atoms with Gasteiger partial charge in [0, 0.05) is 6.42 Å². The molecular weight excluding hydrogens is 210 g/mol. The summed E-state index contributed by atoms with van der Waals surface area (Å²) in [5, 5.41) is 0.609. The first kappa shape index (κ1) is 11.9. The van der Waals surface area contributed by atoms with Gasteiger partial charge in [-0.15, -0.1) is 12.3 Å². The molecule has 1 rings (SSSR count). The molecule has 0 saturated heterocycles. The van der Waals surface area contributed by atoms with Crippen molar-refractivity contribution in [3.63, 3.8) is 0 Å². The van der Waals surface area contributed by atoms with E-state index >= 15 is 0 Å². The van der Waals surface area contributed by atoms with Crippen LogP contribution in [0, 0.1) is 12.3 Å². The first-order chi connectivity index (χ1) is 7.27. The lowest BCUT2D eigenvalue weighted by molar-refractivity contribution is 0.327. The number of terminal acetylenes is 1. The van der Waals surface area contributed by atoms with Gasteiger partial charge in [-0.05, 0) is 30.7 Å². The highest BCUT2D eigenvalue weighted by molar-refractivity contribution is 6.32. The van der Waals surface area contributed by atoms with Crippen LogP contribution in [0.4, 0.5) is 0 Å². The Hall–Kier alpha value is -1.17. The Balaban J connectivity index is 2.62. The lowest BCUT2D eigenvalue weighted by Gasteiger charge is -2.07. The topological polar surface area (TPSA) is 35.2 Å². The van der Waals surface area contributed by atoms with Crippen LogP contribution in [0.3, 0.4) is 0 Å². The van der Waals surface area contributed by atoms with Gasteiger partial charge in [0.15, 0.2) is 0 Å². The number of hydrogen-bond donors (Lipinski definition) is 1. The zero-order valence-corrected chi connectivity index (χ0v) is 9.26. The van der Waals surface area contributed by atoms with E-state index in [0.29, 0.717) is 30.3 Å². The van der Waals surface area contributed by atoms with E-state index in [0.717, 1.165) is 12.0 Å². The average molecular weight is 224 g/mol. The van der Waals surface area contributed by atoms with E-state index in [1.807, 2.05) is 18.2 Å². The third-order valence-electron chi connectivity index (χ3n) is 1.93. The lowest BCUT2D eigenvalue weighted by atomic mass is 10.1. The second kappa shape index (κ2) is 6.34. The summed E-state index contributed by atoms with van der Waals surface area (Å²) in [5.74, 6) is 3.18. The summed E-state index contributed by atoms with van der Waals surface area (Å²) in [5.41, 5.74) is 6.57.